The predicted octanol–water partition coefficient (Wildman–Crippen LogP) is 3.07. The molecule has 0 saturated heterocycles. The number of pyridine rings is 1. The van der Waals surface area contributed by atoms with Crippen molar-refractivity contribution in [3.63, 3.8) is 0 Å². The van der Waals surface area contributed by atoms with Crippen molar-refractivity contribution in [3.8, 4) is 11.3 Å². The Hall–Kier alpha value is -2.23. The number of benzene rings is 1. The van der Waals surface area contributed by atoms with Gasteiger partial charge in [0, 0.05) is 16.6 Å². The van der Waals surface area contributed by atoms with E-state index < -0.39 is 0 Å². The van der Waals surface area contributed by atoms with Crippen LogP contribution < -0.4 is 0 Å². The number of aromatic amines is 1. The zero-order valence-electron chi connectivity index (χ0n) is 9.24. The van der Waals surface area contributed by atoms with Crippen LogP contribution in [0.1, 0.15) is 5.69 Å². The van der Waals surface area contributed by atoms with Crippen molar-refractivity contribution in [3.05, 3.63) is 48.0 Å². The van der Waals surface area contributed by atoms with Gasteiger partial charge < -0.3 is 0 Å². The van der Waals surface area contributed by atoms with E-state index in [1.54, 1.807) is 12.3 Å². The van der Waals surface area contributed by atoms with Crippen LogP contribution in [-0.2, 0) is 0 Å². The molecule has 3 aromatic rings. The van der Waals surface area contributed by atoms with Gasteiger partial charge in [0.1, 0.15) is 11.3 Å². The maximum absolute atomic E-state index is 13.1. The minimum atomic E-state index is -0.256. The summed E-state index contributed by atoms with van der Waals surface area (Å²) in [5.41, 5.74) is 3.33. The molecule has 0 saturated carbocycles. The summed E-state index contributed by atoms with van der Waals surface area (Å²) in [5.74, 6) is -0.256. The van der Waals surface area contributed by atoms with Gasteiger partial charge in [0.2, 0.25) is 0 Å². The molecule has 84 valence electrons. The molecule has 2 aromatic heterocycles. The third-order valence-corrected chi connectivity index (χ3v) is 2.75. The van der Waals surface area contributed by atoms with E-state index in [4.69, 9.17) is 0 Å². The first-order chi connectivity index (χ1) is 8.24. The van der Waals surface area contributed by atoms with Gasteiger partial charge in [0.15, 0.2) is 0 Å². The van der Waals surface area contributed by atoms with Crippen molar-refractivity contribution in [2.24, 2.45) is 0 Å². The molecule has 0 atom stereocenters. The Morgan fingerprint density at radius 2 is 2.12 bits per heavy atom. The van der Waals surface area contributed by atoms with E-state index in [0.29, 0.717) is 0 Å². The zero-order valence-corrected chi connectivity index (χ0v) is 9.24. The lowest BCUT2D eigenvalue weighted by atomic mass is 10.1. The lowest BCUT2D eigenvalue weighted by Gasteiger charge is -2.00. The van der Waals surface area contributed by atoms with Crippen molar-refractivity contribution < 1.29 is 4.39 Å². The standard InChI is InChI=1S/C13H10FN3/c1-8-11-6-12(15-7-13(11)17-16-8)9-3-2-4-10(14)5-9/h2-7H,1H3,(H,16,17). The molecule has 0 unspecified atom stereocenters. The molecule has 1 N–H and O–H groups in total. The molecule has 3 nitrogen and oxygen atoms in total. The van der Waals surface area contributed by atoms with Crippen LogP contribution in [-0.4, -0.2) is 15.2 Å². The number of rotatable bonds is 1. The number of halogens is 1. The Labute approximate surface area is 97.3 Å². The largest absolute Gasteiger partial charge is 0.282 e. The maximum atomic E-state index is 13.1. The van der Waals surface area contributed by atoms with E-state index in [0.717, 1.165) is 27.9 Å². The molecule has 0 fully saturated rings. The minimum Gasteiger partial charge on any atom is -0.282 e. The first-order valence-corrected chi connectivity index (χ1v) is 5.31. The highest BCUT2D eigenvalue weighted by atomic mass is 19.1. The summed E-state index contributed by atoms with van der Waals surface area (Å²) in [5, 5.41) is 8.02. The van der Waals surface area contributed by atoms with Crippen LogP contribution in [0.3, 0.4) is 0 Å². The minimum absolute atomic E-state index is 0.256. The fourth-order valence-electron chi connectivity index (χ4n) is 1.85. The summed E-state index contributed by atoms with van der Waals surface area (Å²) in [6.45, 7) is 1.95. The lowest BCUT2D eigenvalue weighted by Crippen LogP contribution is -1.84. The van der Waals surface area contributed by atoms with Crippen LogP contribution in [0, 0.1) is 12.7 Å². The van der Waals surface area contributed by atoms with Crippen LogP contribution in [0.4, 0.5) is 4.39 Å². The molecule has 0 bridgehead atoms. The summed E-state index contributed by atoms with van der Waals surface area (Å²) in [7, 11) is 0. The second-order valence-electron chi connectivity index (χ2n) is 3.95. The lowest BCUT2D eigenvalue weighted by molar-refractivity contribution is 0.628. The van der Waals surface area contributed by atoms with Gasteiger partial charge in [-0.2, -0.15) is 5.10 Å². The SMILES string of the molecule is Cc1[nH]nc2cnc(-c3cccc(F)c3)cc12. The molecule has 2 heterocycles. The van der Waals surface area contributed by atoms with E-state index >= 15 is 0 Å². The average molecular weight is 227 g/mol. The van der Waals surface area contributed by atoms with Crippen LogP contribution in [0.5, 0.6) is 0 Å². The molecule has 0 spiro atoms. The molecular weight excluding hydrogens is 217 g/mol. The number of nitrogens with one attached hydrogen (secondary N) is 1. The van der Waals surface area contributed by atoms with Gasteiger partial charge in [-0.25, -0.2) is 4.39 Å². The monoisotopic (exact) mass is 227 g/mol. The van der Waals surface area contributed by atoms with E-state index in [2.05, 4.69) is 15.2 Å². The maximum Gasteiger partial charge on any atom is 0.123 e. The molecule has 17 heavy (non-hydrogen) atoms. The smallest absolute Gasteiger partial charge is 0.123 e. The van der Waals surface area contributed by atoms with E-state index in [9.17, 15) is 4.39 Å². The van der Waals surface area contributed by atoms with E-state index in [1.165, 1.54) is 12.1 Å². The molecule has 0 aliphatic rings. The number of hydrogen-bond acceptors (Lipinski definition) is 2. The van der Waals surface area contributed by atoms with Crippen molar-refractivity contribution >= 4 is 10.9 Å². The van der Waals surface area contributed by atoms with Crippen LogP contribution in [0.2, 0.25) is 0 Å². The van der Waals surface area contributed by atoms with Gasteiger partial charge in [-0.1, -0.05) is 12.1 Å². The Kier molecular flexibility index (Phi) is 2.14. The van der Waals surface area contributed by atoms with Crippen LogP contribution in [0.15, 0.2) is 36.5 Å². The van der Waals surface area contributed by atoms with Crippen molar-refractivity contribution in [1.29, 1.82) is 0 Å². The van der Waals surface area contributed by atoms with E-state index in [-0.39, 0.29) is 5.82 Å². The molecule has 0 aliphatic carbocycles. The highest BCUT2D eigenvalue weighted by molar-refractivity contribution is 5.84. The fourth-order valence-corrected chi connectivity index (χ4v) is 1.85. The Morgan fingerprint density at radius 1 is 1.24 bits per heavy atom. The molecule has 3 rings (SSSR count). The topological polar surface area (TPSA) is 41.6 Å². The number of H-pyrrole nitrogens is 1. The molecule has 0 radical (unpaired) electrons. The van der Waals surface area contributed by atoms with Crippen molar-refractivity contribution in [1.82, 2.24) is 15.2 Å². The van der Waals surface area contributed by atoms with Gasteiger partial charge in [-0.05, 0) is 25.1 Å². The molecule has 0 amide bonds. The third kappa shape index (κ3) is 1.67. The highest BCUT2D eigenvalue weighted by Crippen LogP contribution is 2.22. The number of aromatic nitrogens is 3. The highest BCUT2D eigenvalue weighted by Gasteiger charge is 2.06. The second-order valence-corrected chi connectivity index (χ2v) is 3.95. The summed E-state index contributed by atoms with van der Waals surface area (Å²) in [6.07, 6.45) is 1.69. The first kappa shape index (κ1) is 9.96. The fraction of sp³-hybridized carbons (Fsp3) is 0.0769. The third-order valence-electron chi connectivity index (χ3n) is 2.75. The summed E-state index contributed by atoms with van der Waals surface area (Å²) >= 11 is 0. The van der Waals surface area contributed by atoms with Gasteiger partial charge >= 0.3 is 0 Å². The van der Waals surface area contributed by atoms with Gasteiger partial charge in [0.05, 0.1) is 11.9 Å². The molecular formula is C13H10FN3. The number of aryl methyl sites for hydroxylation is 1. The van der Waals surface area contributed by atoms with Gasteiger partial charge in [0.25, 0.3) is 0 Å². The molecule has 1 aromatic carbocycles. The zero-order chi connectivity index (χ0) is 11.8. The predicted molar refractivity (Wildman–Crippen MR) is 64.0 cm³/mol. The number of hydrogen-bond donors (Lipinski definition) is 1. The van der Waals surface area contributed by atoms with Crippen LogP contribution >= 0.6 is 0 Å². The van der Waals surface area contributed by atoms with Gasteiger partial charge in [-0.15, -0.1) is 0 Å². The summed E-state index contributed by atoms with van der Waals surface area (Å²) in [6, 6.07) is 8.34. The van der Waals surface area contributed by atoms with Crippen LogP contribution in [0.25, 0.3) is 22.2 Å². The quantitative estimate of drug-likeness (QED) is 0.694. The Balaban J connectivity index is 2.20. The molecule has 0 aliphatic heterocycles. The molecule has 4 heteroatoms. The van der Waals surface area contributed by atoms with Gasteiger partial charge in [-0.3, -0.25) is 10.1 Å². The second kappa shape index (κ2) is 3.66. The average Bonchev–Trinajstić information content (AvgIpc) is 2.71. The Bertz CT molecular complexity index is 688. The van der Waals surface area contributed by atoms with E-state index in [1.807, 2.05) is 19.1 Å². The normalized spacial score (nSPS) is 10.9. The van der Waals surface area contributed by atoms with Crippen molar-refractivity contribution in [2.45, 2.75) is 6.92 Å². The number of fused-ring (bicyclic) bond motifs is 1. The first-order valence-electron chi connectivity index (χ1n) is 5.31. The number of nitrogens with zero attached hydrogens (tertiary/aromatic N) is 2. The summed E-state index contributed by atoms with van der Waals surface area (Å²) < 4.78 is 13.1. The Morgan fingerprint density at radius 3 is 2.94 bits per heavy atom. The van der Waals surface area contributed by atoms with Crippen molar-refractivity contribution in [2.75, 3.05) is 0 Å². The summed E-state index contributed by atoms with van der Waals surface area (Å²) in [4.78, 5) is 4.28.